The van der Waals surface area contributed by atoms with Crippen LogP contribution >= 0.6 is 35.0 Å². The van der Waals surface area contributed by atoms with Gasteiger partial charge in [0.25, 0.3) is 0 Å². The highest BCUT2D eigenvalue weighted by atomic mass is 35.5. The second kappa shape index (κ2) is 9.93. The Kier molecular flexibility index (Phi) is 7.33. The van der Waals surface area contributed by atoms with E-state index >= 15 is 0 Å². The maximum atomic E-state index is 12.3. The minimum Gasteiger partial charge on any atom is -0.380 e. The van der Waals surface area contributed by atoms with Gasteiger partial charge in [0.1, 0.15) is 6.10 Å². The number of carbonyl (C=O) groups is 1. The number of aliphatic hydroxyl groups excluding tert-OH is 1. The Morgan fingerprint density at radius 2 is 2.00 bits per heavy atom. The number of aromatic nitrogens is 3. The Labute approximate surface area is 182 Å². The van der Waals surface area contributed by atoms with E-state index in [1.165, 1.54) is 11.8 Å². The van der Waals surface area contributed by atoms with Crippen LogP contribution in [0.2, 0.25) is 10.0 Å². The first-order chi connectivity index (χ1) is 14.0. The quantitative estimate of drug-likeness (QED) is 0.389. The Balaban J connectivity index is 1.71. The summed E-state index contributed by atoms with van der Waals surface area (Å²) in [5.41, 5.74) is 1.19. The summed E-state index contributed by atoms with van der Waals surface area (Å²) in [5, 5.41) is 23.0. The van der Waals surface area contributed by atoms with Crippen LogP contribution in [-0.4, -0.2) is 31.5 Å². The monoisotopic (exact) mass is 448 g/mol. The number of thioether (sulfide) groups is 1. The fourth-order valence-electron chi connectivity index (χ4n) is 2.60. The summed E-state index contributed by atoms with van der Waals surface area (Å²) in [7, 11) is 0. The number of rotatable bonds is 8. The lowest BCUT2D eigenvalue weighted by Crippen LogP contribution is -2.15. The second-order valence-corrected chi connectivity index (χ2v) is 7.80. The molecule has 0 saturated carbocycles. The van der Waals surface area contributed by atoms with Gasteiger partial charge in [-0.05, 0) is 23.8 Å². The molecule has 150 valence electrons. The number of allylic oxidation sites excluding steroid dienone is 1. The van der Waals surface area contributed by atoms with Crippen molar-refractivity contribution >= 4 is 46.6 Å². The van der Waals surface area contributed by atoms with E-state index in [9.17, 15) is 9.90 Å². The molecule has 29 heavy (non-hydrogen) atoms. The molecule has 0 aliphatic heterocycles. The number of aliphatic hydroxyl groups is 1. The second-order valence-electron chi connectivity index (χ2n) is 6.01. The van der Waals surface area contributed by atoms with Crippen LogP contribution in [0.5, 0.6) is 0 Å². The number of amides is 1. The maximum Gasteiger partial charge on any atom is 0.234 e. The number of halogens is 2. The van der Waals surface area contributed by atoms with E-state index in [0.717, 1.165) is 0 Å². The fourth-order valence-corrected chi connectivity index (χ4v) is 3.81. The van der Waals surface area contributed by atoms with Gasteiger partial charge in [-0.2, -0.15) is 0 Å². The number of nitrogens with one attached hydrogen (secondary N) is 1. The Morgan fingerprint density at radius 1 is 1.24 bits per heavy atom. The molecular formula is C20H18Cl2N4O2S. The van der Waals surface area contributed by atoms with Crippen molar-refractivity contribution in [3.05, 3.63) is 82.6 Å². The van der Waals surface area contributed by atoms with Crippen molar-refractivity contribution in [1.82, 2.24) is 14.8 Å². The largest absolute Gasteiger partial charge is 0.380 e. The smallest absolute Gasteiger partial charge is 0.234 e. The van der Waals surface area contributed by atoms with E-state index in [0.29, 0.717) is 38.8 Å². The highest BCUT2D eigenvalue weighted by Crippen LogP contribution is 2.27. The fraction of sp³-hybridized carbons (Fsp3) is 0.150. The van der Waals surface area contributed by atoms with Crippen molar-refractivity contribution < 1.29 is 9.90 Å². The molecule has 2 aromatic carbocycles. The van der Waals surface area contributed by atoms with Crippen LogP contribution in [0.4, 0.5) is 5.69 Å². The number of anilines is 1. The van der Waals surface area contributed by atoms with Gasteiger partial charge in [-0.1, -0.05) is 71.4 Å². The molecule has 0 radical (unpaired) electrons. The van der Waals surface area contributed by atoms with Crippen LogP contribution in [-0.2, 0) is 11.3 Å². The Hall–Kier alpha value is -2.32. The molecule has 9 heteroatoms. The molecule has 1 amide bonds. The number of hydrogen-bond acceptors (Lipinski definition) is 5. The summed E-state index contributed by atoms with van der Waals surface area (Å²) in [4.78, 5) is 12.3. The molecule has 1 heterocycles. The van der Waals surface area contributed by atoms with Gasteiger partial charge < -0.3 is 10.4 Å². The van der Waals surface area contributed by atoms with Gasteiger partial charge in [0, 0.05) is 11.6 Å². The van der Waals surface area contributed by atoms with Crippen molar-refractivity contribution in [1.29, 1.82) is 0 Å². The zero-order valence-electron chi connectivity index (χ0n) is 15.3. The van der Waals surface area contributed by atoms with Gasteiger partial charge in [0.2, 0.25) is 5.91 Å². The first-order valence-electron chi connectivity index (χ1n) is 8.64. The molecule has 2 N–H and O–H groups in total. The number of nitrogens with zero attached hydrogens (tertiary/aromatic N) is 3. The zero-order valence-corrected chi connectivity index (χ0v) is 17.6. The van der Waals surface area contributed by atoms with E-state index in [4.69, 9.17) is 23.2 Å². The Bertz CT molecular complexity index is 1010. The third kappa shape index (κ3) is 5.39. The highest BCUT2D eigenvalue weighted by molar-refractivity contribution is 7.99. The molecule has 0 spiro atoms. The molecule has 3 rings (SSSR count). The van der Waals surface area contributed by atoms with Crippen LogP contribution in [0.3, 0.4) is 0 Å². The van der Waals surface area contributed by atoms with Crippen molar-refractivity contribution in [3.8, 4) is 0 Å². The van der Waals surface area contributed by atoms with Crippen LogP contribution < -0.4 is 5.32 Å². The van der Waals surface area contributed by atoms with Gasteiger partial charge in [-0.25, -0.2) is 0 Å². The van der Waals surface area contributed by atoms with E-state index < -0.39 is 6.10 Å². The van der Waals surface area contributed by atoms with E-state index in [-0.39, 0.29) is 11.7 Å². The number of hydrogen-bond donors (Lipinski definition) is 2. The lowest BCUT2D eigenvalue weighted by molar-refractivity contribution is -0.113. The van der Waals surface area contributed by atoms with Gasteiger partial charge in [-0.15, -0.1) is 16.8 Å². The summed E-state index contributed by atoms with van der Waals surface area (Å²) >= 11 is 13.2. The first-order valence-corrected chi connectivity index (χ1v) is 10.4. The molecule has 0 bridgehead atoms. The minimum absolute atomic E-state index is 0.0929. The molecule has 0 saturated heterocycles. The SMILES string of the molecule is C=CCn1c(SCC(=O)Nc2ccc(Cl)cc2Cl)nnc1C(O)c1ccccc1. The van der Waals surface area contributed by atoms with E-state index in [1.54, 1.807) is 28.8 Å². The molecule has 0 fully saturated rings. The van der Waals surface area contributed by atoms with Gasteiger partial charge >= 0.3 is 0 Å². The molecule has 1 atom stereocenters. The average molecular weight is 449 g/mol. The first kappa shape index (κ1) is 21.4. The molecule has 3 aromatic rings. The summed E-state index contributed by atoms with van der Waals surface area (Å²) < 4.78 is 1.73. The average Bonchev–Trinajstić information content (AvgIpc) is 3.11. The molecule has 1 unspecified atom stereocenters. The summed E-state index contributed by atoms with van der Waals surface area (Å²) in [6.07, 6.45) is 0.752. The summed E-state index contributed by atoms with van der Waals surface area (Å²) in [6, 6.07) is 14.0. The summed E-state index contributed by atoms with van der Waals surface area (Å²) in [5.74, 6) is 0.229. The molecule has 0 aliphatic carbocycles. The van der Waals surface area contributed by atoms with Crippen LogP contribution in [0.25, 0.3) is 0 Å². The standard InChI is InChI=1S/C20H18Cl2N4O2S/c1-2-10-26-19(18(28)13-6-4-3-5-7-13)24-25-20(26)29-12-17(27)23-16-9-8-14(21)11-15(16)22/h2-9,11,18,28H,1,10,12H2,(H,23,27). The minimum atomic E-state index is -0.931. The molecule has 0 aliphatic rings. The van der Waals surface area contributed by atoms with Crippen LogP contribution in [0, 0.1) is 0 Å². The lowest BCUT2D eigenvalue weighted by atomic mass is 10.1. The normalized spacial score (nSPS) is 11.8. The van der Waals surface area contributed by atoms with E-state index in [2.05, 4.69) is 22.1 Å². The van der Waals surface area contributed by atoms with Gasteiger partial charge in [0.05, 0.1) is 16.5 Å². The number of benzene rings is 2. The van der Waals surface area contributed by atoms with Crippen molar-refractivity contribution in [2.45, 2.75) is 17.8 Å². The van der Waals surface area contributed by atoms with Crippen LogP contribution in [0.15, 0.2) is 66.3 Å². The maximum absolute atomic E-state index is 12.3. The third-order valence-corrected chi connectivity index (χ3v) is 5.47. The van der Waals surface area contributed by atoms with Gasteiger partial charge in [-0.3, -0.25) is 9.36 Å². The van der Waals surface area contributed by atoms with Crippen molar-refractivity contribution in [2.24, 2.45) is 0 Å². The zero-order chi connectivity index (χ0) is 20.8. The molecule has 6 nitrogen and oxygen atoms in total. The van der Waals surface area contributed by atoms with Gasteiger partial charge in [0.15, 0.2) is 11.0 Å². The lowest BCUT2D eigenvalue weighted by Gasteiger charge is -2.13. The van der Waals surface area contributed by atoms with E-state index in [1.807, 2.05) is 30.3 Å². The van der Waals surface area contributed by atoms with Crippen molar-refractivity contribution in [2.75, 3.05) is 11.1 Å². The molecule has 1 aromatic heterocycles. The third-order valence-electron chi connectivity index (χ3n) is 3.95. The topological polar surface area (TPSA) is 80.0 Å². The predicted octanol–water partition coefficient (Wildman–Crippen LogP) is 4.58. The predicted molar refractivity (Wildman–Crippen MR) is 117 cm³/mol. The summed E-state index contributed by atoms with van der Waals surface area (Å²) in [6.45, 7) is 4.15. The molecular weight excluding hydrogens is 431 g/mol. The Morgan fingerprint density at radius 3 is 2.69 bits per heavy atom. The number of carbonyl (C=O) groups excluding carboxylic acids is 1. The highest BCUT2D eigenvalue weighted by Gasteiger charge is 2.21. The van der Waals surface area contributed by atoms with Crippen molar-refractivity contribution in [3.63, 3.8) is 0 Å². The van der Waals surface area contributed by atoms with Crippen LogP contribution in [0.1, 0.15) is 17.5 Å².